The summed E-state index contributed by atoms with van der Waals surface area (Å²) in [5.41, 5.74) is -0.925. The number of alkyl halides is 1. The van der Waals surface area contributed by atoms with Gasteiger partial charge in [-0.2, -0.15) is 5.10 Å². The number of allylic oxidation sites excluding steroid dienone is 1. The number of halogens is 1. The third-order valence-electron chi connectivity index (χ3n) is 4.75. The average molecular weight is 1060 g/mol. The van der Waals surface area contributed by atoms with Crippen molar-refractivity contribution in [2.75, 3.05) is 51.5 Å². The number of nitrogens with zero attached hydrogens (tertiary/aromatic N) is 3. The molecular weight excluding hydrogens is 1000 g/mol. The van der Waals surface area contributed by atoms with Crippen LogP contribution in [0.2, 0.25) is 0 Å². The molecule has 2 unspecified atom stereocenters. The molecule has 0 fully saturated rings. The summed E-state index contributed by atoms with van der Waals surface area (Å²) >= 11 is 3.19. The molecule has 0 aliphatic carbocycles. The summed E-state index contributed by atoms with van der Waals surface area (Å²) in [6.07, 6.45) is 5.85. The van der Waals surface area contributed by atoms with Gasteiger partial charge in [0.25, 0.3) is 6.47 Å². The van der Waals surface area contributed by atoms with E-state index in [-0.39, 0.29) is 159 Å². The van der Waals surface area contributed by atoms with Gasteiger partial charge in [0, 0.05) is 44.2 Å². The number of ether oxygens (including phenoxy) is 2. The molecule has 0 radical (unpaired) electrons. The molecule has 0 bridgehead atoms. The van der Waals surface area contributed by atoms with Gasteiger partial charge in [0.2, 0.25) is 14.7 Å². The van der Waals surface area contributed by atoms with Crippen molar-refractivity contribution in [3.8, 4) is 0 Å². The van der Waals surface area contributed by atoms with Gasteiger partial charge >= 0.3 is 150 Å². The number of aromatic nitrogens is 2. The second kappa shape index (κ2) is 32.8. The number of alkyl carbamates (subject to hydrolysis) is 2. The van der Waals surface area contributed by atoms with Gasteiger partial charge in [0.05, 0.1) is 43.1 Å². The maximum Gasteiger partial charge on any atom is 1.00 e. The van der Waals surface area contributed by atoms with E-state index in [1.807, 2.05) is 33.8 Å². The first-order valence-corrected chi connectivity index (χ1v) is 19.8. The van der Waals surface area contributed by atoms with Crippen LogP contribution in [0.3, 0.4) is 0 Å². The van der Waals surface area contributed by atoms with Gasteiger partial charge in [0.1, 0.15) is 11.2 Å². The van der Waals surface area contributed by atoms with E-state index in [9.17, 15) is 18.7 Å². The van der Waals surface area contributed by atoms with Crippen LogP contribution in [0.1, 0.15) is 64.2 Å². The molecule has 16 nitrogen and oxygen atoms in total. The van der Waals surface area contributed by atoms with Crippen LogP contribution >= 0.6 is 30.7 Å². The largest absolute Gasteiger partial charge is 1.00 e. The number of nitrogens with one attached hydrogen (secondary N) is 2. The van der Waals surface area contributed by atoms with Crippen LogP contribution in [0, 0.1) is 0 Å². The van der Waals surface area contributed by atoms with Crippen molar-refractivity contribution in [1.82, 2.24) is 20.4 Å². The van der Waals surface area contributed by atoms with Gasteiger partial charge in [-0.15, -0.1) is 0 Å². The summed E-state index contributed by atoms with van der Waals surface area (Å²) in [5.74, 6) is 0. The van der Waals surface area contributed by atoms with Crippen molar-refractivity contribution < 1.29 is 191 Å². The Kier molecular flexibility index (Phi) is 39.8. The van der Waals surface area contributed by atoms with Gasteiger partial charge < -0.3 is 40.7 Å². The molecule has 1 aromatic rings. The molecule has 1 aliphatic rings. The molecule has 1 aromatic heterocycles. The Morgan fingerprint density at radius 1 is 0.980 bits per heavy atom. The third-order valence-corrected chi connectivity index (χ3v) is 9.05. The predicted molar refractivity (Wildman–Crippen MR) is 191 cm³/mol. The van der Waals surface area contributed by atoms with Crippen molar-refractivity contribution in [2.24, 2.45) is 4.99 Å². The summed E-state index contributed by atoms with van der Waals surface area (Å²) in [7, 11) is -5.33. The van der Waals surface area contributed by atoms with Crippen molar-refractivity contribution in [2.45, 2.75) is 80.6 Å². The monoisotopic (exact) mass is 1060 g/mol. The van der Waals surface area contributed by atoms with Crippen LogP contribution in [0.15, 0.2) is 28.8 Å². The van der Waals surface area contributed by atoms with Crippen LogP contribution in [0.4, 0.5) is 9.59 Å². The Hall–Kier alpha value is 1.55. The molecule has 2 atom stereocenters. The fraction of sp³-hybridized carbons (Fsp3) is 0.690. The zero-order chi connectivity index (χ0) is 36.7. The van der Waals surface area contributed by atoms with Gasteiger partial charge in [0.15, 0.2) is 0 Å². The molecule has 0 aromatic carbocycles. The Balaban J connectivity index is -0.000000145. The number of hydrogen-bond acceptors (Lipinski definition) is 13. The Labute approximate surface area is 425 Å². The van der Waals surface area contributed by atoms with Crippen LogP contribution in [-0.2, 0) is 43.9 Å². The van der Waals surface area contributed by atoms with E-state index in [0.717, 1.165) is 10.6 Å². The molecule has 2 N–H and O–H groups in total. The van der Waals surface area contributed by atoms with E-state index in [4.69, 9.17) is 28.6 Å². The second-order valence-corrected chi connectivity index (χ2v) is 17.1. The topological polar surface area (TPSA) is 209 Å². The normalized spacial score (nSPS) is 13.6. The molecule has 282 valence electrons. The van der Waals surface area contributed by atoms with Crippen LogP contribution in [0.5, 0.6) is 0 Å². The minimum absolute atomic E-state index is 0. The van der Waals surface area contributed by atoms with E-state index in [2.05, 4.69) is 41.5 Å². The maximum absolute atomic E-state index is 12.2. The van der Waals surface area contributed by atoms with Crippen molar-refractivity contribution in [3.05, 3.63) is 23.8 Å². The van der Waals surface area contributed by atoms with Gasteiger partial charge in [-0.25, -0.2) is 9.59 Å². The van der Waals surface area contributed by atoms with Crippen molar-refractivity contribution in [3.63, 3.8) is 0 Å². The van der Waals surface area contributed by atoms with Gasteiger partial charge in [-0.3, -0.25) is 23.6 Å². The smallest absolute Gasteiger partial charge is 1.00 e. The quantitative estimate of drug-likeness (QED) is 0.0848. The summed E-state index contributed by atoms with van der Waals surface area (Å²) in [4.78, 5) is 37.5. The summed E-state index contributed by atoms with van der Waals surface area (Å²) in [6, 6.07) is 0. The number of carbonyl (C=O) groups is 3. The fourth-order valence-electron chi connectivity index (χ4n) is 2.99. The second-order valence-electron chi connectivity index (χ2n) is 11.4. The third kappa shape index (κ3) is 34.1. The molecule has 0 saturated carbocycles. The maximum atomic E-state index is 12.2. The molecule has 2 rings (SSSR count). The van der Waals surface area contributed by atoms with Crippen LogP contribution in [-0.4, -0.2) is 97.4 Å². The molecule has 1 aliphatic heterocycles. The van der Waals surface area contributed by atoms with Crippen molar-refractivity contribution in [1.29, 1.82) is 0 Å². The van der Waals surface area contributed by atoms with Gasteiger partial charge in [-0.05, 0) is 61.5 Å². The standard InChI is InChI=1S/C13H24N3O4P.C7H14BrNO2.C7H12NO2P.CH2O3.CH4.2Cs.H/c1-6-19-21(5,18)11-9-15-16(10-11)8-7-14-12(17)20-13(2,3)4;1-7(2,3)11-6(10)9-5-4-8;1-3-10-11(2,9)7-4-5-8-6-7;2-1-4-3;;;;/h9-10H,6-8H2,1-5H3,(H,14,17);4-5H2,1-3H3,(H,9,10);4,6H,3,5H2,1-2H3;1,3H;1H4;;;/q;;;;;2*+1;-1/p-1. The van der Waals surface area contributed by atoms with E-state index in [1.54, 1.807) is 58.1 Å². The first kappa shape index (κ1) is 60.8. The zero-order valence-electron chi connectivity index (χ0n) is 31.9. The van der Waals surface area contributed by atoms with E-state index >= 15 is 0 Å². The molecule has 21 heteroatoms. The summed E-state index contributed by atoms with van der Waals surface area (Å²) in [6.45, 7) is 20.5. The fourth-order valence-corrected chi connectivity index (χ4v) is 5.78. The Morgan fingerprint density at radius 2 is 1.44 bits per heavy atom. The van der Waals surface area contributed by atoms with Crippen LogP contribution < -0.4 is 159 Å². The first-order valence-electron chi connectivity index (χ1n) is 14.6. The molecule has 0 saturated heterocycles. The summed E-state index contributed by atoms with van der Waals surface area (Å²) < 4.78 is 45.9. The number of amides is 2. The van der Waals surface area contributed by atoms with E-state index in [1.165, 1.54) is 6.20 Å². The zero-order valence-corrected chi connectivity index (χ0v) is 46.9. The average Bonchev–Trinajstić information content (AvgIpc) is 3.65. The summed E-state index contributed by atoms with van der Waals surface area (Å²) in [5, 5.41) is 19.8. The molecule has 50 heavy (non-hydrogen) atoms. The molecule has 2 heterocycles. The Morgan fingerprint density at radius 3 is 1.82 bits per heavy atom. The molecule has 2 amide bonds. The number of hydrogen-bond donors (Lipinski definition) is 2. The predicted octanol–water partition coefficient (Wildman–Crippen LogP) is -1.03. The number of carbonyl (C=O) groups excluding carboxylic acids is 3. The van der Waals surface area contributed by atoms with Crippen molar-refractivity contribution >= 4 is 60.8 Å². The molecule has 0 spiro atoms. The SMILES string of the molecule is C.CC(C)(C)OC(=O)NCCBr.CCOP(C)(=O)C1=CCN=C1.CCOP(C)(=O)c1cnn(CCNC(=O)OC(C)(C)C)c1.O=CO[O-].[Cs+].[Cs+].[H-]. The first-order chi connectivity index (χ1) is 21.7. The number of aliphatic imine (C=N–C) groups is 1. The van der Waals surface area contributed by atoms with Gasteiger partial charge in [-0.1, -0.05) is 23.4 Å². The van der Waals surface area contributed by atoms with Crippen LogP contribution in [0.25, 0.3) is 0 Å². The van der Waals surface area contributed by atoms with E-state index in [0.29, 0.717) is 44.7 Å². The minimum atomic E-state index is -2.80. The number of rotatable bonds is 12. The molecular formula is C29H56BrCs2N5O11P2. The Bertz CT molecular complexity index is 1250. The minimum Gasteiger partial charge on any atom is -1.00 e. The van der Waals surface area contributed by atoms with E-state index < -0.39 is 32.0 Å².